The number of aromatic nitrogens is 2. The minimum atomic E-state index is -4.66. The first-order valence-electron chi connectivity index (χ1n) is 11.2. The Morgan fingerprint density at radius 2 is 1.86 bits per heavy atom. The van der Waals surface area contributed by atoms with Crippen LogP contribution in [0.3, 0.4) is 0 Å². The number of carbonyl (C=O) groups is 1. The van der Waals surface area contributed by atoms with Crippen LogP contribution in [0.15, 0.2) is 55.4 Å². The van der Waals surface area contributed by atoms with Crippen molar-refractivity contribution >= 4 is 11.5 Å². The van der Waals surface area contributed by atoms with Gasteiger partial charge in [0, 0.05) is 25.0 Å². The van der Waals surface area contributed by atoms with Gasteiger partial charge in [-0.2, -0.15) is 13.2 Å². The van der Waals surface area contributed by atoms with Crippen LogP contribution in [0.25, 0.3) is 5.57 Å². The van der Waals surface area contributed by atoms with Crippen molar-refractivity contribution in [2.75, 3.05) is 0 Å². The molecule has 1 heterocycles. The molecule has 0 saturated heterocycles. The molecule has 184 valence electrons. The molecule has 1 saturated carbocycles. The van der Waals surface area contributed by atoms with Gasteiger partial charge in [-0.1, -0.05) is 18.7 Å². The highest BCUT2D eigenvalue weighted by atomic mass is 19.4. The number of rotatable bonds is 7. The Morgan fingerprint density at radius 1 is 1.17 bits per heavy atom. The van der Waals surface area contributed by atoms with Crippen LogP contribution in [0.5, 0.6) is 0 Å². The van der Waals surface area contributed by atoms with E-state index in [9.17, 15) is 22.4 Å². The van der Waals surface area contributed by atoms with Crippen LogP contribution >= 0.6 is 0 Å². The normalized spacial score (nSPS) is 14.6. The van der Waals surface area contributed by atoms with Gasteiger partial charge in [0.05, 0.1) is 18.2 Å². The molecule has 1 fully saturated rings. The van der Waals surface area contributed by atoms with E-state index >= 15 is 0 Å². The van der Waals surface area contributed by atoms with Crippen molar-refractivity contribution in [1.82, 2.24) is 14.5 Å². The van der Waals surface area contributed by atoms with Gasteiger partial charge in [0.1, 0.15) is 5.82 Å². The number of hydrogen-bond donors (Lipinski definition) is 2. The Labute approximate surface area is 200 Å². The van der Waals surface area contributed by atoms with Gasteiger partial charge in [-0.15, -0.1) is 0 Å². The lowest BCUT2D eigenvalue weighted by Gasteiger charge is -2.20. The number of alkyl halides is 3. The van der Waals surface area contributed by atoms with E-state index in [0.717, 1.165) is 18.4 Å². The third kappa shape index (κ3) is 5.39. The first-order chi connectivity index (χ1) is 16.4. The van der Waals surface area contributed by atoms with E-state index in [0.29, 0.717) is 11.1 Å². The van der Waals surface area contributed by atoms with E-state index in [1.807, 2.05) is 0 Å². The summed E-state index contributed by atoms with van der Waals surface area (Å²) in [4.78, 5) is 13.3. The van der Waals surface area contributed by atoms with Gasteiger partial charge in [-0.05, 0) is 72.2 Å². The van der Waals surface area contributed by atoms with Gasteiger partial charge < -0.3 is 14.5 Å². The van der Waals surface area contributed by atoms with Crippen molar-refractivity contribution in [3.63, 3.8) is 0 Å². The zero-order chi connectivity index (χ0) is 25.5. The Kier molecular flexibility index (Phi) is 6.44. The Balaban J connectivity index is 1.69. The van der Waals surface area contributed by atoms with Crippen LogP contribution in [0, 0.1) is 24.1 Å². The van der Waals surface area contributed by atoms with Gasteiger partial charge in [-0.3, -0.25) is 10.2 Å². The number of hydrogen-bond acceptors (Lipinski definition) is 2. The number of benzene rings is 2. The molecule has 3 aromatic rings. The molecule has 1 unspecified atom stereocenters. The van der Waals surface area contributed by atoms with E-state index in [4.69, 9.17) is 5.41 Å². The minimum Gasteiger partial charge on any atom is -0.345 e. The lowest BCUT2D eigenvalue weighted by molar-refractivity contribution is -0.0686. The SMILES string of the molecule is C=C(c1cc(Cn2ccn(C)c2=N)cc(C(=O)NC(c2ccc(F)c(C)c2)C2CC2)c1)C(F)(F)F. The summed E-state index contributed by atoms with van der Waals surface area (Å²) in [5, 5.41) is 11.0. The fourth-order valence-corrected chi connectivity index (χ4v) is 4.09. The highest BCUT2D eigenvalue weighted by molar-refractivity contribution is 5.95. The third-order valence-corrected chi connectivity index (χ3v) is 6.30. The van der Waals surface area contributed by atoms with Crippen molar-refractivity contribution in [2.24, 2.45) is 13.0 Å². The second-order valence-corrected chi connectivity index (χ2v) is 9.05. The number of imidazole rings is 1. The molecule has 1 aromatic heterocycles. The molecular formula is C26H26F4N4O. The predicted octanol–water partition coefficient (Wildman–Crippen LogP) is 5.26. The number of halogens is 4. The molecule has 2 aromatic carbocycles. The molecule has 0 spiro atoms. The summed E-state index contributed by atoms with van der Waals surface area (Å²) in [5.41, 5.74) is 0.623. The molecule has 35 heavy (non-hydrogen) atoms. The summed E-state index contributed by atoms with van der Waals surface area (Å²) in [6, 6.07) is 8.35. The molecule has 4 rings (SSSR count). The molecule has 0 aliphatic heterocycles. The molecule has 1 aliphatic carbocycles. The highest BCUT2D eigenvalue weighted by Crippen LogP contribution is 2.41. The maximum absolute atomic E-state index is 13.8. The molecule has 0 radical (unpaired) electrons. The fraction of sp³-hybridized carbons (Fsp3) is 0.308. The molecule has 2 N–H and O–H groups in total. The van der Waals surface area contributed by atoms with E-state index in [-0.39, 0.29) is 41.1 Å². The van der Waals surface area contributed by atoms with E-state index in [1.165, 1.54) is 24.3 Å². The summed E-state index contributed by atoms with van der Waals surface area (Å²) in [6.45, 7) is 4.95. The van der Waals surface area contributed by atoms with E-state index in [2.05, 4.69) is 11.9 Å². The smallest absolute Gasteiger partial charge is 0.345 e. The first kappa shape index (κ1) is 24.5. The van der Waals surface area contributed by atoms with Crippen molar-refractivity contribution in [1.29, 1.82) is 5.41 Å². The third-order valence-electron chi connectivity index (χ3n) is 6.30. The molecule has 1 aliphatic rings. The van der Waals surface area contributed by atoms with Crippen LogP contribution in [0.4, 0.5) is 17.6 Å². The number of nitrogens with zero attached hydrogens (tertiary/aromatic N) is 2. The quantitative estimate of drug-likeness (QED) is 0.440. The maximum atomic E-state index is 13.8. The highest BCUT2D eigenvalue weighted by Gasteiger charge is 2.35. The Bertz CT molecular complexity index is 1350. The summed E-state index contributed by atoms with van der Waals surface area (Å²) < 4.78 is 57.2. The van der Waals surface area contributed by atoms with E-state index < -0.39 is 17.7 Å². The topological polar surface area (TPSA) is 62.8 Å². The lowest BCUT2D eigenvalue weighted by atomic mass is 9.97. The number of aryl methyl sites for hydroxylation is 2. The second kappa shape index (κ2) is 9.20. The van der Waals surface area contributed by atoms with Crippen LogP contribution in [0.2, 0.25) is 0 Å². The predicted molar refractivity (Wildman–Crippen MR) is 124 cm³/mol. The van der Waals surface area contributed by atoms with Crippen molar-refractivity contribution in [3.05, 3.63) is 94.6 Å². The van der Waals surface area contributed by atoms with Crippen LogP contribution in [-0.2, 0) is 13.6 Å². The Morgan fingerprint density at radius 3 is 2.43 bits per heavy atom. The van der Waals surface area contributed by atoms with Crippen molar-refractivity contribution < 1.29 is 22.4 Å². The van der Waals surface area contributed by atoms with Crippen LogP contribution < -0.4 is 10.9 Å². The van der Waals surface area contributed by atoms with E-state index in [1.54, 1.807) is 47.6 Å². The van der Waals surface area contributed by atoms with Crippen LogP contribution in [-0.4, -0.2) is 21.2 Å². The number of nitrogens with one attached hydrogen (secondary N) is 2. The van der Waals surface area contributed by atoms with Gasteiger partial charge in [0.25, 0.3) is 5.91 Å². The summed E-state index contributed by atoms with van der Waals surface area (Å²) >= 11 is 0. The first-order valence-corrected chi connectivity index (χ1v) is 11.2. The van der Waals surface area contributed by atoms with Gasteiger partial charge >= 0.3 is 6.18 Å². The fourth-order valence-electron chi connectivity index (χ4n) is 4.09. The Hall–Kier alpha value is -3.62. The average molecular weight is 487 g/mol. The van der Waals surface area contributed by atoms with Gasteiger partial charge in [0.2, 0.25) is 5.62 Å². The van der Waals surface area contributed by atoms with Crippen LogP contribution in [0.1, 0.15) is 51.5 Å². The molecular weight excluding hydrogens is 460 g/mol. The average Bonchev–Trinajstić information content (AvgIpc) is 3.60. The van der Waals surface area contributed by atoms with Gasteiger partial charge in [0.15, 0.2) is 0 Å². The van der Waals surface area contributed by atoms with Crippen molar-refractivity contribution in [3.8, 4) is 0 Å². The standard InChI is InChI=1S/C26H26F4N4O/c1-15-10-19(6-7-22(15)27)23(18-4-5-18)32-24(35)21-12-17(14-34-9-8-33(3)25(34)31)11-20(13-21)16(2)26(28,29)30/h6-13,18,23,31H,2,4-5,14H2,1,3H3,(H,32,35). The zero-order valence-corrected chi connectivity index (χ0v) is 19.4. The molecule has 0 bridgehead atoms. The number of carbonyl (C=O) groups excluding carboxylic acids is 1. The second-order valence-electron chi connectivity index (χ2n) is 9.05. The minimum absolute atomic E-state index is 0.0652. The molecule has 5 nitrogen and oxygen atoms in total. The molecule has 1 atom stereocenters. The van der Waals surface area contributed by atoms with Crippen molar-refractivity contribution in [2.45, 2.75) is 38.5 Å². The molecule has 9 heteroatoms. The summed E-state index contributed by atoms with van der Waals surface area (Å²) in [6.07, 6.45) is 0.449. The number of allylic oxidation sites excluding steroid dienone is 1. The lowest BCUT2D eigenvalue weighted by Crippen LogP contribution is -2.30. The monoisotopic (exact) mass is 486 g/mol. The molecule has 1 amide bonds. The van der Waals surface area contributed by atoms with Gasteiger partial charge in [-0.25, -0.2) is 4.39 Å². The largest absolute Gasteiger partial charge is 0.416 e. The maximum Gasteiger partial charge on any atom is 0.416 e. The summed E-state index contributed by atoms with van der Waals surface area (Å²) in [5.74, 6) is -0.682. The summed E-state index contributed by atoms with van der Waals surface area (Å²) in [7, 11) is 1.69. The zero-order valence-electron chi connectivity index (χ0n) is 19.4. The number of amides is 1.